The topological polar surface area (TPSA) is 64.1 Å². The average molecular weight is 493 g/mol. The predicted octanol–water partition coefficient (Wildman–Crippen LogP) is 4.21. The lowest BCUT2D eigenvalue weighted by Gasteiger charge is -2.23. The lowest BCUT2D eigenvalue weighted by molar-refractivity contribution is 0.323. The number of hydrogen-bond acceptors (Lipinski definition) is 4. The molecular weight excluding hydrogens is 457 g/mol. The van der Waals surface area contributed by atoms with Gasteiger partial charge in [0.2, 0.25) is 5.75 Å². The molecule has 0 aromatic heterocycles. The summed E-state index contributed by atoms with van der Waals surface area (Å²) in [6.07, 6.45) is 2.25. The van der Waals surface area contributed by atoms with Crippen LogP contribution in [-0.4, -0.2) is 40.4 Å². The number of nitrogens with zero attached hydrogens (tertiary/aromatic N) is 1. The Bertz CT molecular complexity index is 576. The second-order valence-electron chi connectivity index (χ2n) is 7.60. The maximum absolute atomic E-state index is 5.40. The van der Waals surface area contributed by atoms with E-state index in [2.05, 4.69) is 43.3 Å². The van der Waals surface area contributed by atoms with Crippen LogP contribution in [0.4, 0.5) is 0 Å². The van der Waals surface area contributed by atoms with Crippen LogP contribution in [0.15, 0.2) is 17.1 Å². The smallest absolute Gasteiger partial charge is 0.203 e. The van der Waals surface area contributed by atoms with Gasteiger partial charge in [-0.15, -0.1) is 24.0 Å². The van der Waals surface area contributed by atoms with Gasteiger partial charge in [0.15, 0.2) is 17.5 Å². The quantitative estimate of drug-likeness (QED) is 0.323. The Balaban J connectivity index is 0.00000676. The van der Waals surface area contributed by atoms with Crippen molar-refractivity contribution < 1.29 is 14.2 Å². The van der Waals surface area contributed by atoms with Crippen LogP contribution in [0.1, 0.15) is 46.1 Å². The molecule has 0 radical (unpaired) electrons. The molecule has 1 aromatic rings. The Kier molecular flexibility index (Phi) is 11.5. The first-order chi connectivity index (χ1) is 12.2. The zero-order valence-corrected chi connectivity index (χ0v) is 20.3. The third-order valence-electron chi connectivity index (χ3n) is 4.12. The van der Waals surface area contributed by atoms with Crippen molar-refractivity contribution in [2.45, 2.75) is 53.1 Å². The van der Waals surface area contributed by atoms with Crippen LogP contribution in [0.25, 0.3) is 0 Å². The number of ether oxygens (including phenoxy) is 3. The van der Waals surface area contributed by atoms with E-state index in [9.17, 15) is 0 Å². The molecule has 1 unspecified atom stereocenters. The third kappa shape index (κ3) is 8.90. The summed E-state index contributed by atoms with van der Waals surface area (Å²) in [7, 11) is 6.61. The number of halogens is 1. The highest BCUT2D eigenvalue weighted by Crippen LogP contribution is 2.38. The van der Waals surface area contributed by atoms with Crippen LogP contribution in [0.5, 0.6) is 17.2 Å². The highest BCUT2D eigenvalue weighted by atomic mass is 127. The van der Waals surface area contributed by atoms with Crippen LogP contribution in [0.2, 0.25) is 0 Å². The summed E-state index contributed by atoms with van der Waals surface area (Å²) in [5.74, 6) is 2.66. The number of aliphatic imine (C=N–C) groups is 1. The van der Waals surface area contributed by atoms with Gasteiger partial charge < -0.3 is 24.8 Å². The summed E-state index contributed by atoms with van der Waals surface area (Å²) in [6, 6.07) is 4.22. The number of guanidine groups is 1. The molecule has 0 saturated carbocycles. The van der Waals surface area contributed by atoms with Gasteiger partial charge in [-0.3, -0.25) is 4.99 Å². The lowest BCUT2D eigenvalue weighted by Crippen LogP contribution is -2.42. The molecule has 0 aliphatic heterocycles. The molecular formula is C20H36IN3O3. The summed E-state index contributed by atoms with van der Waals surface area (Å²) in [5, 5.41) is 6.78. The van der Waals surface area contributed by atoms with Crippen molar-refractivity contribution >= 4 is 29.9 Å². The molecule has 0 amide bonds. The van der Waals surface area contributed by atoms with E-state index < -0.39 is 0 Å². The van der Waals surface area contributed by atoms with Crippen LogP contribution < -0.4 is 24.8 Å². The van der Waals surface area contributed by atoms with E-state index in [0.717, 1.165) is 24.4 Å². The number of methoxy groups -OCH3 is 3. The first kappa shape index (κ1) is 25.6. The minimum atomic E-state index is 0. The third-order valence-corrected chi connectivity index (χ3v) is 4.12. The van der Waals surface area contributed by atoms with Crippen molar-refractivity contribution in [1.29, 1.82) is 0 Å². The average Bonchev–Trinajstić information content (AvgIpc) is 2.61. The maximum atomic E-state index is 5.40. The first-order valence-corrected chi connectivity index (χ1v) is 9.00. The second kappa shape index (κ2) is 12.2. The van der Waals surface area contributed by atoms with Crippen LogP contribution in [-0.2, 0) is 6.54 Å². The molecule has 1 rings (SSSR count). The van der Waals surface area contributed by atoms with Crippen LogP contribution in [0, 0.1) is 5.41 Å². The Labute approximate surface area is 181 Å². The van der Waals surface area contributed by atoms with E-state index in [1.807, 2.05) is 12.1 Å². The summed E-state index contributed by atoms with van der Waals surface area (Å²) >= 11 is 0. The van der Waals surface area contributed by atoms with Gasteiger partial charge in [0, 0.05) is 19.6 Å². The molecule has 0 fully saturated rings. The Hall–Kier alpha value is -1.38. The molecule has 6 nitrogen and oxygen atoms in total. The Morgan fingerprint density at radius 3 is 2.04 bits per heavy atom. The molecule has 2 N–H and O–H groups in total. The molecule has 156 valence electrons. The normalized spacial score (nSPS) is 12.7. The summed E-state index contributed by atoms with van der Waals surface area (Å²) < 4.78 is 16.2. The van der Waals surface area contributed by atoms with E-state index in [4.69, 9.17) is 14.2 Å². The molecule has 0 spiro atoms. The zero-order valence-electron chi connectivity index (χ0n) is 17.9. The van der Waals surface area contributed by atoms with Gasteiger partial charge in [-0.1, -0.05) is 20.8 Å². The van der Waals surface area contributed by atoms with Crippen molar-refractivity contribution in [3.05, 3.63) is 17.7 Å². The number of nitrogens with one attached hydrogen (secondary N) is 2. The molecule has 27 heavy (non-hydrogen) atoms. The second-order valence-corrected chi connectivity index (χ2v) is 7.60. The van der Waals surface area contributed by atoms with Crippen molar-refractivity contribution in [2.24, 2.45) is 10.4 Å². The Morgan fingerprint density at radius 2 is 1.63 bits per heavy atom. The molecule has 0 aliphatic carbocycles. The van der Waals surface area contributed by atoms with Gasteiger partial charge in [0.1, 0.15) is 0 Å². The maximum Gasteiger partial charge on any atom is 0.203 e. The number of benzene rings is 1. The first-order valence-electron chi connectivity index (χ1n) is 9.00. The minimum Gasteiger partial charge on any atom is -0.493 e. The van der Waals surface area contributed by atoms with Gasteiger partial charge in [-0.05, 0) is 42.9 Å². The summed E-state index contributed by atoms with van der Waals surface area (Å²) in [4.78, 5) is 4.31. The number of hydrogen-bond donors (Lipinski definition) is 2. The molecule has 1 atom stereocenters. The molecule has 0 saturated heterocycles. The highest BCUT2D eigenvalue weighted by Gasteiger charge is 2.15. The van der Waals surface area contributed by atoms with Crippen molar-refractivity contribution in [2.75, 3.05) is 28.4 Å². The largest absolute Gasteiger partial charge is 0.493 e. The van der Waals surface area contributed by atoms with Gasteiger partial charge in [-0.25, -0.2) is 0 Å². The van der Waals surface area contributed by atoms with E-state index in [-0.39, 0.29) is 24.0 Å². The Morgan fingerprint density at radius 1 is 1.07 bits per heavy atom. The standard InChI is InChI=1S/C20H35N3O3.HI/c1-14(9-10-20(2,3)4)23-19(21-5)22-13-15-11-16(24-6)18(26-8)17(12-15)25-7;/h11-12,14H,9-10,13H2,1-8H3,(H2,21,22,23);1H. The fourth-order valence-corrected chi connectivity index (χ4v) is 2.57. The molecule has 1 aromatic carbocycles. The summed E-state index contributed by atoms with van der Waals surface area (Å²) in [5.41, 5.74) is 1.35. The fourth-order valence-electron chi connectivity index (χ4n) is 2.57. The van der Waals surface area contributed by atoms with Gasteiger partial charge in [0.25, 0.3) is 0 Å². The van der Waals surface area contributed by atoms with E-state index in [1.54, 1.807) is 28.4 Å². The minimum absolute atomic E-state index is 0. The molecule has 0 aliphatic rings. The SMILES string of the molecule is CN=C(NCc1cc(OC)c(OC)c(OC)c1)NC(C)CCC(C)(C)C.I. The zero-order chi connectivity index (χ0) is 19.7. The van der Waals surface area contributed by atoms with Crippen molar-refractivity contribution in [3.8, 4) is 17.2 Å². The van der Waals surface area contributed by atoms with Gasteiger partial charge in [0.05, 0.1) is 21.3 Å². The van der Waals surface area contributed by atoms with Crippen LogP contribution >= 0.6 is 24.0 Å². The van der Waals surface area contributed by atoms with E-state index in [1.165, 1.54) is 0 Å². The van der Waals surface area contributed by atoms with Crippen molar-refractivity contribution in [3.63, 3.8) is 0 Å². The number of rotatable bonds is 8. The van der Waals surface area contributed by atoms with Gasteiger partial charge >= 0.3 is 0 Å². The van der Waals surface area contributed by atoms with Crippen molar-refractivity contribution in [1.82, 2.24) is 10.6 Å². The van der Waals surface area contributed by atoms with Crippen LogP contribution in [0.3, 0.4) is 0 Å². The van der Waals surface area contributed by atoms with E-state index in [0.29, 0.717) is 35.3 Å². The monoisotopic (exact) mass is 493 g/mol. The fraction of sp³-hybridized carbons (Fsp3) is 0.650. The predicted molar refractivity (Wildman–Crippen MR) is 123 cm³/mol. The van der Waals surface area contributed by atoms with E-state index >= 15 is 0 Å². The molecule has 0 heterocycles. The summed E-state index contributed by atoms with van der Waals surface area (Å²) in [6.45, 7) is 9.56. The van der Waals surface area contributed by atoms with Gasteiger partial charge in [-0.2, -0.15) is 0 Å². The lowest BCUT2D eigenvalue weighted by atomic mass is 9.89. The molecule has 7 heteroatoms. The molecule has 0 bridgehead atoms. The highest BCUT2D eigenvalue weighted by molar-refractivity contribution is 14.0.